The van der Waals surface area contributed by atoms with Crippen molar-refractivity contribution in [2.75, 3.05) is 13.2 Å². The summed E-state index contributed by atoms with van der Waals surface area (Å²) in [7, 11) is 0. The van der Waals surface area contributed by atoms with Gasteiger partial charge in [0, 0.05) is 43.6 Å². The van der Waals surface area contributed by atoms with E-state index in [1.807, 2.05) is 23.9 Å². The molecule has 2 aromatic heterocycles. The number of rotatable bonds is 5. The number of pyridine rings is 1. The molecule has 1 atom stereocenters. The van der Waals surface area contributed by atoms with Crippen LogP contribution >= 0.6 is 0 Å². The third-order valence-electron chi connectivity index (χ3n) is 3.94. The fourth-order valence-corrected chi connectivity index (χ4v) is 2.68. The average molecular weight is 288 g/mol. The Kier molecular flexibility index (Phi) is 4.15. The van der Waals surface area contributed by atoms with E-state index in [2.05, 4.69) is 10.3 Å². The van der Waals surface area contributed by atoms with E-state index in [9.17, 15) is 4.79 Å². The molecule has 0 amide bonds. The van der Waals surface area contributed by atoms with Gasteiger partial charge in [-0.1, -0.05) is 11.3 Å². The molecule has 0 aromatic carbocycles. The van der Waals surface area contributed by atoms with Gasteiger partial charge in [0.1, 0.15) is 0 Å². The molecule has 1 aliphatic heterocycles. The molecule has 1 fully saturated rings. The van der Waals surface area contributed by atoms with E-state index in [0.29, 0.717) is 12.5 Å². The highest BCUT2D eigenvalue weighted by atomic mass is 16.5. The van der Waals surface area contributed by atoms with Crippen molar-refractivity contribution in [3.05, 3.63) is 46.1 Å². The Morgan fingerprint density at radius 1 is 1.38 bits per heavy atom. The van der Waals surface area contributed by atoms with Crippen LogP contribution in [-0.4, -0.2) is 32.8 Å². The number of nitrogens with zero attached hydrogens (tertiary/aromatic N) is 4. The molecule has 1 unspecified atom stereocenters. The molecular formula is C15H20N4O2. The third-order valence-corrected chi connectivity index (χ3v) is 3.94. The number of aromatic nitrogens is 4. The van der Waals surface area contributed by atoms with Crippen LogP contribution < -0.4 is 5.56 Å². The van der Waals surface area contributed by atoms with E-state index in [-0.39, 0.29) is 5.56 Å². The van der Waals surface area contributed by atoms with Gasteiger partial charge in [-0.3, -0.25) is 9.48 Å². The minimum Gasteiger partial charge on any atom is -0.381 e. The van der Waals surface area contributed by atoms with Gasteiger partial charge in [0.05, 0.1) is 12.3 Å². The maximum absolute atomic E-state index is 11.8. The number of hydrogen-bond donors (Lipinski definition) is 0. The van der Waals surface area contributed by atoms with Crippen LogP contribution in [0.5, 0.6) is 0 Å². The maximum atomic E-state index is 11.8. The Morgan fingerprint density at radius 2 is 2.29 bits per heavy atom. The number of ether oxygens (including phenoxy) is 1. The standard InChI is InChI=1S/C15H20N4O2/c1-12-4-2-5-15(20)19(12)8-3-7-18-10-14(16-17-18)13-6-9-21-11-13/h2,4-5,10,13H,3,6-9,11H2,1H3. The summed E-state index contributed by atoms with van der Waals surface area (Å²) in [4.78, 5) is 11.8. The molecule has 112 valence electrons. The van der Waals surface area contributed by atoms with E-state index in [1.54, 1.807) is 16.7 Å². The van der Waals surface area contributed by atoms with Gasteiger partial charge >= 0.3 is 0 Å². The Bertz CT molecular complexity index is 656. The zero-order chi connectivity index (χ0) is 14.7. The monoisotopic (exact) mass is 288 g/mol. The minimum absolute atomic E-state index is 0.0531. The van der Waals surface area contributed by atoms with Gasteiger partial charge in [0.2, 0.25) is 0 Å². The zero-order valence-corrected chi connectivity index (χ0v) is 12.2. The van der Waals surface area contributed by atoms with Crippen LogP contribution in [0.15, 0.2) is 29.2 Å². The lowest BCUT2D eigenvalue weighted by Crippen LogP contribution is -2.21. The predicted octanol–water partition coefficient (Wildman–Crippen LogP) is 1.34. The van der Waals surface area contributed by atoms with Gasteiger partial charge in [0.15, 0.2) is 0 Å². The normalized spacial score (nSPS) is 18.2. The van der Waals surface area contributed by atoms with Gasteiger partial charge in [-0.15, -0.1) is 5.10 Å². The summed E-state index contributed by atoms with van der Waals surface area (Å²) < 4.78 is 9.02. The van der Waals surface area contributed by atoms with Crippen molar-refractivity contribution < 1.29 is 4.74 Å². The smallest absolute Gasteiger partial charge is 0.250 e. The molecule has 3 rings (SSSR count). The van der Waals surface area contributed by atoms with Gasteiger partial charge < -0.3 is 9.30 Å². The summed E-state index contributed by atoms with van der Waals surface area (Å²) in [5, 5.41) is 8.38. The second-order valence-electron chi connectivity index (χ2n) is 5.48. The van der Waals surface area contributed by atoms with E-state index in [1.165, 1.54) is 0 Å². The second kappa shape index (κ2) is 6.22. The Hall–Kier alpha value is -1.95. The second-order valence-corrected chi connectivity index (χ2v) is 5.48. The van der Waals surface area contributed by atoms with Crippen molar-refractivity contribution in [3.8, 4) is 0 Å². The van der Waals surface area contributed by atoms with E-state index >= 15 is 0 Å². The first-order chi connectivity index (χ1) is 10.2. The molecule has 0 radical (unpaired) electrons. The van der Waals surface area contributed by atoms with Crippen LogP contribution in [0.25, 0.3) is 0 Å². The summed E-state index contributed by atoms with van der Waals surface area (Å²) in [5.74, 6) is 0.387. The highest BCUT2D eigenvalue weighted by Crippen LogP contribution is 2.22. The van der Waals surface area contributed by atoms with Gasteiger partial charge in [-0.05, 0) is 25.8 Å². The summed E-state index contributed by atoms with van der Waals surface area (Å²) in [6.45, 7) is 4.98. The highest BCUT2D eigenvalue weighted by molar-refractivity contribution is 5.05. The molecule has 1 saturated heterocycles. The Morgan fingerprint density at radius 3 is 3.05 bits per heavy atom. The largest absolute Gasteiger partial charge is 0.381 e. The predicted molar refractivity (Wildman–Crippen MR) is 78.3 cm³/mol. The summed E-state index contributed by atoms with van der Waals surface area (Å²) in [5.41, 5.74) is 2.06. The minimum atomic E-state index is 0.0531. The lowest BCUT2D eigenvalue weighted by Gasteiger charge is -2.08. The van der Waals surface area contributed by atoms with Crippen LogP contribution in [-0.2, 0) is 17.8 Å². The van der Waals surface area contributed by atoms with Crippen LogP contribution in [0.4, 0.5) is 0 Å². The fourth-order valence-electron chi connectivity index (χ4n) is 2.68. The van der Waals surface area contributed by atoms with Crippen molar-refractivity contribution in [1.82, 2.24) is 19.6 Å². The van der Waals surface area contributed by atoms with Gasteiger partial charge in [0.25, 0.3) is 5.56 Å². The molecule has 2 aromatic rings. The molecule has 6 nitrogen and oxygen atoms in total. The topological polar surface area (TPSA) is 61.9 Å². The lowest BCUT2D eigenvalue weighted by molar-refractivity contribution is 0.193. The first-order valence-electron chi connectivity index (χ1n) is 7.38. The van der Waals surface area contributed by atoms with Gasteiger partial charge in [-0.25, -0.2) is 0 Å². The summed E-state index contributed by atoms with van der Waals surface area (Å²) in [6.07, 6.45) is 3.88. The molecular weight excluding hydrogens is 268 g/mol. The van der Waals surface area contributed by atoms with Crippen molar-refractivity contribution in [1.29, 1.82) is 0 Å². The first kappa shape index (κ1) is 14.0. The summed E-state index contributed by atoms with van der Waals surface area (Å²) >= 11 is 0. The van der Waals surface area contributed by atoms with E-state index in [0.717, 1.165) is 44.0 Å². The van der Waals surface area contributed by atoms with Crippen LogP contribution in [0.3, 0.4) is 0 Å². The third kappa shape index (κ3) is 3.21. The number of aryl methyl sites for hydroxylation is 2. The fraction of sp³-hybridized carbons (Fsp3) is 0.533. The van der Waals surface area contributed by atoms with Crippen LogP contribution in [0, 0.1) is 6.92 Å². The molecule has 0 N–H and O–H groups in total. The quantitative estimate of drug-likeness (QED) is 0.833. The Labute approximate surface area is 123 Å². The van der Waals surface area contributed by atoms with Crippen LogP contribution in [0.2, 0.25) is 0 Å². The summed E-state index contributed by atoms with van der Waals surface area (Å²) in [6, 6.07) is 5.34. The molecule has 3 heterocycles. The number of hydrogen-bond acceptors (Lipinski definition) is 4. The maximum Gasteiger partial charge on any atom is 0.250 e. The average Bonchev–Trinajstić information content (AvgIpc) is 3.12. The van der Waals surface area contributed by atoms with Crippen molar-refractivity contribution >= 4 is 0 Å². The molecule has 0 aliphatic carbocycles. The van der Waals surface area contributed by atoms with Crippen molar-refractivity contribution in [2.24, 2.45) is 0 Å². The molecule has 1 aliphatic rings. The molecule has 0 spiro atoms. The molecule has 6 heteroatoms. The van der Waals surface area contributed by atoms with Crippen molar-refractivity contribution in [2.45, 2.75) is 38.8 Å². The highest BCUT2D eigenvalue weighted by Gasteiger charge is 2.20. The zero-order valence-electron chi connectivity index (χ0n) is 12.2. The van der Waals surface area contributed by atoms with Crippen LogP contribution in [0.1, 0.15) is 30.1 Å². The first-order valence-corrected chi connectivity index (χ1v) is 7.38. The molecule has 21 heavy (non-hydrogen) atoms. The van der Waals surface area contributed by atoms with Crippen molar-refractivity contribution in [3.63, 3.8) is 0 Å². The Balaban J connectivity index is 1.57. The molecule has 0 bridgehead atoms. The lowest BCUT2D eigenvalue weighted by atomic mass is 10.1. The van der Waals surface area contributed by atoms with Gasteiger partial charge in [-0.2, -0.15) is 0 Å². The molecule has 0 saturated carbocycles. The van der Waals surface area contributed by atoms with E-state index < -0.39 is 0 Å². The SMILES string of the molecule is Cc1cccc(=O)n1CCCn1cc(C2CCOC2)nn1. The van der Waals surface area contributed by atoms with E-state index in [4.69, 9.17) is 4.74 Å².